The van der Waals surface area contributed by atoms with Gasteiger partial charge in [0, 0.05) is 6.92 Å². The van der Waals surface area contributed by atoms with Crippen LogP contribution >= 0.6 is 12.3 Å². The lowest BCUT2D eigenvalue weighted by molar-refractivity contribution is -0.777. The fourth-order valence-corrected chi connectivity index (χ4v) is 5.19. The van der Waals surface area contributed by atoms with E-state index in [0.717, 1.165) is 6.92 Å². The average molecular weight is 651 g/mol. The molecule has 2 fully saturated rings. The predicted octanol–water partition coefficient (Wildman–Crippen LogP) is -3.28. The Balaban J connectivity index is 2.57. The number of hydrogen-bond donors (Lipinski definition) is 3. The zero-order valence-electron chi connectivity index (χ0n) is 23.8. The molecule has 2 aliphatic rings. The third kappa shape index (κ3) is 10.4. The Labute approximate surface area is 247 Å². The maximum atomic E-state index is 12.2. The number of aliphatic carboxylic acids is 1. The monoisotopic (exact) mass is 650 g/mol. The van der Waals surface area contributed by atoms with Gasteiger partial charge in [-0.25, -0.2) is 8.42 Å². The van der Waals surface area contributed by atoms with E-state index < -0.39 is 101 Å². The number of carboxylic acid groups (broad SMARTS) is 1. The van der Waals surface area contributed by atoms with Gasteiger partial charge >= 0.3 is 0 Å². The van der Waals surface area contributed by atoms with Crippen molar-refractivity contribution in [3.63, 3.8) is 0 Å². The van der Waals surface area contributed by atoms with Gasteiger partial charge in [-0.15, -0.1) is 4.33 Å². The van der Waals surface area contributed by atoms with E-state index in [1.54, 1.807) is 41.5 Å². The van der Waals surface area contributed by atoms with Gasteiger partial charge in [-0.3, -0.25) is 18.2 Å². The van der Waals surface area contributed by atoms with Gasteiger partial charge in [0.1, 0.15) is 48.8 Å². The number of carboxylic acids is 1. The molecule has 246 valence electrons. The van der Waals surface area contributed by atoms with Crippen molar-refractivity contribution in [3.8, 4) is 0 Å². The minimum Gasteiger partial charge on any atom is -0.726 e. The topological polar surface area (TPSA) is 264 Å². The summed E-state index contributed by atoms with van der Waals surface area (Å²) in [5.41, 5.74) is -1.85. The molecule has 0 aliphatic carbocycles. The van der Waals surface area contributed by atoms with Crippen molar-refractivity contribution in [2.24, 2.45) is 5.41 Å². The lowest BCUT2D eigenvalue weighted by Gasteiger charge is -2.51. The Morgan fingerprint density at radius 3 is 2.12 bits per heavy atom. The maximum absolute atomic E-state index is 12.2. The van der Waals surface area contributed by atoms with E-state index in [1.165, 1.54) is 0 Å². The molecule has 0 aromatic rings. The molecule has 42 heavy (non-hydrogen) atoms. The van der Waals surface area contributed by atoms with Gasteiger partial charge in [0.2, 0.25) is 16.3 Å². The standard InChI is InChI=1S/C22H39NO17S2/c1-9(24)23-11-15(37-22(5,6)7)14(38-41-40-39-29)10(8-33-42(30,31)32)34-20(11)36-16-12(25)13(26)18(21(2,3)4)35-17(16)19(27)28/h10-18,20,25-26,29H,8H2,1-7H3,(H,23,24)(H,27,28)(H,30,31,32)/p-3. The Kier molecular flexibility index (Phi) is 12.9. The first kappa shape index (κ1) is 36.9. The minimum absolute atomic E-state index is 0.0185. The normalized spacial score (nSPS) is 34.6. The van der Waals surface area contributed by atoms with Crippen LogP contribution in [0.3, 0.4) is 0 Å². The van der Waals surface area contributed by atoms with Crippen LogP contribution in [0, 0.1) is 5.41 Å². The van der Waals surface area contributed by atoms with E-state index in [9.17, 15) is 43.1 Å². The molecule has 18 nitrogen and oxygen atoms in total. The molecule has 0 radical (unpaired) electrons. The number of carbonyl (C=O) groups is 2. The molecule has 0 aromatic heterocycles. The van der Waals surface area contributed by atoms with Crippen molar-refractivity contribution in [2.45, 2.75) is 115 Å². The van der Waals surface area contributed by atoms with E-state index in [2.05, 4.69) is 18.9 Å². The van der Waals surface area contributed by atoms with E-state index in [0.29, 0.717) is 0 Å². The highest BCUT2D eigenvalue weighted by Gasteiger charge is 2.55. The lowest BCUT2D eigenvalue weighted by Crippen LogP contribution is -2.70. The summed E-state index contributed by atoms with van der Waals surface area (Å²) in [5, 5.41) is 49.9. The molecule has 0 saturated carbocycles. The van der Waals surface area contributed by atoms with E-state index >= 15 is 0 Å². The SMILES string of the molecule is CC(=O)NC1C(OC2C(C(=O)[O-])OC(C(C)(C)C)C(O)C2O)OC(COS(=O)(=O)[O-])C(OSOO[O-])C1OC(C)(C)C. The van der Waals surface area contributed by atoms with Crippen molar-refractivity contribution in [2.75, 3.05) is 6.61 Å². The molecule has 0 aromatic carbocycles. The van der Waals surface area contributed by atoms with Crippen LogP contribution in [0.25, 0.3) is 0 Å². The highest BCUT2D eigenvalue weighted by Crippen LogP contribution is 2.37. The summed E-state index contributed by atoms with van der Waals surface area (Å²) >= 11 is -0.0185. The average Bonchev–Trinajstić information content (AvgIpc) is 2.81. The second-order valence-corrected chi connectivity index (χ2v) is 13.2. The van der Waals surface area contributed by atoms with Crippen molar-refractivity contribution < 1.29 is 79.8 Å². The zero-order valence-corrected chi connectivity index (χ0v) is 25.4. The first-order chi connectivity index (χ1) is 19.2. The van der Waals surface area contributed by atoms with Crippen LogP contribution in [-0.2, 0) is 56.7 Å². The molecule has 0 spiro atoms. The molecule has 2 aliphatic heterocycles. The Morgan fingerprint density at radius 2 is 1.64 bits per heavy atom. The Morgan fingerprint density at radius 1 is 1.02 bits per heavy atom. The second-order valence-electron chi connectivity index (χ2n) is 11.7. The molecule has 20 heteroatoms. The zero-order chi connectivity index (χ0) is 32.2. The van der Waals surface area contributed by atoms with Crippen molar-refractivity contribution >= 4 is 34.6 Å². The predicted molar refractivity (Wildman–Crippen MR) is 131 cm³/mol. The van der Waals surface area contributed by atoms with Gasteiger partial charge in [-0.2, -0.15) is 0 Å². The van der Waals surface area contributed by atoms with E-state index in [4.69, 9.17) is 23.1 Å². The molecule has 2 heterocycles. The fraction of sp³-hybridized carbons (Fsp3) is 0.909. The van der Waals surface area contributed by atoms with Crippen LogP contribution in [0.4, 0.5) is 0 Å². The Hall–Kier alpha value is -1.24. The number of nitrogens with one attached hydrogen (secondary N) is 1. The smallest absolute Gasteiger partial charge is 0.217 e. The molecule has 0 bridgehead atoms. The quantitative estimate of drug-likeness (QED) is 0.0467. The lowest BCUT2D eigenvalue weighted by atomic mass is 9.80. The summed E-state index contributed by atoms with van der Waals surface area (Å²) < 4.78 is 70.8. The highest BCUT2D eigenvalue weighted by atomic mass is 32.3. The molecule has 2 saturated heterocycles. The first-order valence-corrected chi connectivity index (χ1v) is 14.5. The molecular weight excluding hydrogens is 614 g/mol. The number of ether oxygens (including phenoxy) is 4. The summed E-state index contributed by atoms with van der Waals surface area (Å²) in [5.74, 6) is -2.48. The summed E-state index contributed by atoms with van der Waals surface area (Å²) in [6.07, 6.45) is -14.8. The number of aliphatic hydroxyl groups excluding tert-OH is 2. The van der Waals surface area contributed by atoms with Gasteiger partial charge in [0.25, 0.3) is 0 Å². The van der Waals surface area contributed by atoms with Gasteiger partial charge in [-0.1, -0.05) is 20.8 Å². The van der Waals surface area contributed by atoms with Crippen LogP contribution in [0.2, 0.25) is 0 Å². The number of carbonyl (C=O) groups excluding carboxylic acids is 2. The summed E-state index contributed by atoms with van der Waals surface area (Å²) in [7, 11) is -5.29. The largest absolute Gasteiger partial charge is 0.726 e. The van der Waals surface area contributed by atoms with Gasteiger partial charge in [0.15, 0.2) is 18.6 Å². The molecule has 2 rings (SSSR count). The van der Waals surface area contributed by atoms with Gasteiger partial charge < -0.3 is 54.2 Å². The van der Waals surface area contributed by atoms with Crippen LogP contribution < -0.4 is 15.7 Å². The van der Waals surface area contributed by atoms with Crippen LogP contribution in [-0.4, -0.2) is 108 Å². The number of aliphatic hydroxyl groups is 2. The highest BCUT2D eigenvalue weighted by molar-refractivity contribution is 7.89. The minimum atomic E-state index is -5.29. The molecule has 10 unspecified atom stereocenters. The summed E-state index contributed by atoms with van der Waals surface area (Å²) in [4.78, 5) is 24.3. The number of hydrogen-bond acceptors (Lipinski definition) is 18. The van der Waals surface area contributed by atoms with Crippen LogP contribution in [0.1, 0.15) is 48.5 Å². The fourth-order valence-electron chi connectivity index (χ4n) is 4.51. The number of amides is 1. The van der Waals surface area contributed by atoms with Crippen LogP contribution in [0.5, 0.6) is 0 Å². The Bertz CT molecular complexity index is 1020. The molecule has 10 atom stereocenters. The summed E-state index contributed by atoms with van der Waals surface area (Å²) in [6, 6.07) is -1.41. The maximum Gasteiger partial charge on any atom is 0.217 e. The van der Waals surface area contributed by atoms with Crippen molar-refractivity contribution in [1.82, 2.24) is 5.32 Å². The third-order valence-electron chi connectivity index (χ3n) is 6.05. The third-order valence-corrected chi connectivity index (χ3v) is 6.89. The van der Waals surface area contributed by atoms with Gasteiger partial charge in [-0.05, 0) is 26.2 Å². The summed E-state index contributed by atoms with van der Waals surface area (Å²) in [6.45, 7) is 9.82. The van der Waals surface area contributed by atoms with E-state index in [1.807, 2.05) is 0 Å². The molecule has 1 amide bonds. The van der Waals surface area contributed by atoms with Crippen LogP contribution in [0.15, 0.2) is 0 Å². The van der Waals surface area contributed by atoms with Crippen molar-refractivity contribution in [3.05, 3.63) is 0 Å². The molecular formula is C22H36NO17S2-3. The van der Waals surface area contributed by atoms with E-state index in [-0.39, 0.29) is 12.3 Å². The first-order valence-electron chi connectivity index (χ1n) is 12.5. The van der Waals surface area contributed by atoms with Crippen molar-refractivity contribution in [1.29, 1.82) is 0 Å². The van der Waals surface area contributed by atoms with Gasteiger partial charge in [0.05, 0.1) is 24.3 Å². The molecule has 3 N–H and O–H groups in total. The number of rotatable bonds is 12. The second kappa shape index (κ2) is 14.7.